The van der Waals surface area contributed by atoms with Crippen LogP contribution < -0.4 is 11.1 Å². The predicted octanol–water partition coefficient (Wildman–Crippen LogP) is 6.21. The first-order valence-corrected chi connectivity index (χ1v) is 13.5. The van der Waals surface area contributed by atoms with Crippen molar-refractivity contribution in [2.24, 2.45) is 5.73 Å². The monoisotopic (exact) mass is 543 g/mol. The summed E-state index contributed by atoms with van der Waals surface area (Å²) in [6.45, 7) is 6.98. The van der Waals surface area contributed by atoms with Crippen LogP contribution in [0.4, 0.5) is 8.78 Å². The lowest BCUT2D eigenvalue weighted by Crippen LogP contribution is -2.39. The van der Waals surface area contributed by atoms with E-state index < -0.39 is 5.91 Å². The Morgan fingerprint density at radius 2 is 1.82 bits per heavy atom. The molecule has 0 saturated carbocycles. The van der Waals surface area contributed by atoms with Gasteiger partial charge in [0, 0.05) is 41.4 Å². The van der Waals surface area contributed by atoms with Crippen LogP contribution in [0, 0.1) is 18.6 Å². The molecule has 0 bridgehead atoms. The van der Waals surface area contributed by atoms with Gasteiger partial charge in [0.25, 0.3) is 5.91 Å². The van der Waals surface area contributed by atoms with Gasteiger partial charge in [0.05, 0.1) is 0 Å². The summed E-state index contributed by atoms with van der Waals surface area (Å²) in [7, 11) is 0. The molecular formula is C33H35F2N3O2. The van der Waals surface area contributed by atoms with Crippen molar-refractivity contribution < 1.29 is 18.4 Å². The van der Waals surface area contributed by atoms with E-state index in [0.29, 0.717) is 39.9 Å². The number of piperidine rings is 1. The Labute approximate surface area is 234 Å². The first-order valence-electron chi connectivity index (χ1n) is 13.5. The van der Waals surface area contributed by atoms with Crippen LogP contribution in [-0.4, -0.2) is 29.3 Å². The third-order valence-electron chi connectivity index (χ3n) is 7.53. The summed E-state index contributed by atoms with van der Waals surface area (Å²) in [4.78, 5) is 27.0. The fourth-order valence-corrected chi connectivity index (χ4v) is 5.10. The third-order valence-corrected chi connectivity index (χ3v) is 7.53. The molecule has 208 valence electrons. The summed E-state index contributed by atoms with van der Waals surface area (Å²) < 4.78 is 29.6. The molecule has 3 aromatic rings. The topological polar surface area (TPSA) is 75.4 Å². The maximum absolute atomic E-state index is 15.7. The summed E-state index contributed by atoms with van der Waals surface area (Å²) in [6, 6.07) is 16.9. The minimum atomic E-state index is -0.602. The highest BCUT2D eigenvalue weighted by Crippen LogP contribution is 2.31. The smallest absolute Gasteiger partial charge is 0.251 e. The Morgan fingerprint density at radius 1 is 1.07 bits per heavy atom. The van der Waals surface area contributed by atoms with Crippen molar-refractivity contribution in [2.45, 2.75) is 52.7 Å². The number of hydrogen-bond donors (Lipinski definition) is 2. The molecule has 0 radical (unpaired) electrons. The van der Waals surface area contributed by atoms with Crippen molar-refractivity contribution in [1.82, 2.24) is 10.2 Å². The van der Waals surface area contributed by atoms with Crippen LogP contribution in [0.3, 0.4) is 0 Å². The predicted molar refractivity (Wildman–Crippen MR) is 154 cm³/mol. The molecule has 1 heterocycles. The minimum Gasteiger partial charge on any atom is -0.366 e. The summed E-state index contributed by atoms with van der Waals surface area (Å²) >= 11 is 0. The minimum absolute atomic E-state index is 0.0105. The van der Waals surface area contributed by atoms with Gasteiger partial charge in [-0.15, -0.1) is 0 Å². The second kappa shape index (κ2) is 12.8. The van der Waals surface area contributed by atoms with Gasteiger partial charge in [0.15, 0.2) is 0 Å². The van der Waals surface area contributed by atoms with Crippen molar-refractivity contribution in [3.05, 3.63) is 118 Å². The highest BCUT2D eigenvalue weighted by Gasteiger charge is 2.25. The van der Waals surface area contributed by atoms with E-state index in [0.717, 1.165) is 25.0 Å². The lowest BCUT2D eigenvalue weighted by Gasteiger charge is -2.36. The first kappa shape index (κ1) is 28.9. The number of carbonyl (C=O) groups excluding carboxylic acids is 2. The molecule has 2 amide bonds. The normalized spacial score (nSPS) is 17.2. The zero-order valence-electron chi connectivity index (χ0n) is 23.1. The van der Waals surface area contributed by atoms with Crippen molar-refractivity contribution in [1.29, 1.82) is 0 Å². The summed E-state index contributed by atoms with van der Waals surface area (Å²) in [5.74, 6) is -1.50. The van der Waals surface area contributed by atoms with E-state index in [4.69, 9.17) is 5.73 Å². The second-order valence-electron chi connectivity index (χ2n) is 10.2. The molecule has 1 saturated heterocycles. The fourth-order valence-electron chi connectivity index (χ4n) is 5.10. The summed E-state index contributed by atoms with van der Waals surface area (Å²) in [5, 5.41) is 2.88. The highest BCUT2D eigenvalue weighted by atomic mass is 19.1. The largest absolute Gasteiger partial charge is 0.366 e. The molecule has 0 aliphatic carbocycles. The molecule has 1 unspecified atom stereocenters. The SMILES string of the molecule is C/C=C(\C=C1\CCCN(Cc2cccc(-c3ccccc3C(N)=O)c2F)C1C)C(=O)NCc1ccc(C)c(F)c1. The maximum atomic E-state index is 15.7. The van der Waals surface area contributed by atoms with Crippen molar-refractivity contribution >= 4 is 11.8 Å². The molecule has 1 fully saturated rings. The van der Waals surface area contributed by atoms with Crippen molar-refractivity contribution in [2.75, 3.05) is 6.54 Å². The van der Waals surface area contributed by atoms with Gasteiger partial charge in [-0.3, -0.25) is 14.5 Å². The first-order chi connectivity index (χ1) is 19.2. The standard InChI is InChI=1S/C33H35F2N3O2/c1-4-24(33(40)37-19-23-15-14-21(2)30(34)17-23)18-25-10-8-16-38(22(25)3)20-26-9-7-13-28(31(26)35)27-11-5-6-12-29(27)32(36)39/h4-7,9,11-15,17-18,22H,8,10,16,19-20H2,1-3H3,(H2,36,39)(H,37,40)/b24-4+,25-18-. The number of aryl methyl sites for hydroxylation is 1. The van der Waals surface area contributed by atoms with Gasteiger partial charge in [-0.05, 0) is 75.1 Å². The average Bonchev–Trinajstić information content (AvgIpc) is 2.95. The summed E-state index contributed by atoms with van der Waals surface area (Å²) in [5.41, 5.74) is 10.0. The molecule has 3 aromatic carbocycles. The number of hydrogen-bond acceptors (Lipinski definition) is 3. The van der Waals surface area contributed by atoms with Crippen LogP contribution in [0.25, 0.3) is 11.1 Å². The quantitative estimate of drug-likeness (QED) is 0.332. The number of nitrogens with one attached hydrogen (secondary N) is 1. The number of benzene rings is 3. The van der Waals surface area contributed by atoms with Gasteiger partial charge >= 0.3 is 0 Å². The van der Waals surface area contributed by atoms with Crippen molar-refractivity contribution in [3.8, 4) is 11.1 Å². The molecule has 1 aliphatic heterocycles. The Hall–Kier alpha value is -4.10. The van der Waals surface area contributed by atoms with Gasteiger partial charge in [-0.2, -0.15) is 0 Å². The van der Waals surface area contributed by atoms with Crippen LogP contribution in [0.15, 0.2) is 84.0 Å². The molecule has 7 heteroatoms. The van der Waals surface area contributed by atoms with Crippen LogP contribution >= 0.6 is 0 Å². The average molecular weight is 544 g/mol. The number of carbonyl (C=O) groups is 2. The second-order valence-corrected chi connectivity index (χ2v) is 10.2. The van der Waals surface area contributed by atoms with Gasteiger partial charge in [-0.1, -0.05) is 60.2 Å². The lowest BCUT2D eigenvalue weighted by atomic mass is 9.93. The van der Waals surface area contributed by atoms with Gasteiger partial charge in [0.2, 0.25) is 5.91 Å². The van der Waals surface area contributed by atoms with E-state index in [2.05, 4.69) is 17.1 Å². The number of amides is 2. The van der Waals surface area contributed by atoms with Crippen LogP contribution in [0.5, 0.6) is 0 Å². The molecule has 40 heavy (non-hydrogen) atoms. The lowest BCUT2D eigenvalue weighted by molar-refractivity contribution is -0.117. The van der Waals surface area contributed by atoms with E-state index in [1.807, 2.05) is 13.0 Å². The number of allylic oxidation sites excluding steroid dienone is 1. The number of halogens is 2. The molecule has 3 N–H and O–H groups in total. The van der Waals surface area contributed by atoms with E-state index in [1.54, 1.807) is 67.6 Å². The maximum Gasteiger partial charge on any atom is 0.251 e. The number of nitrogens with zero attached hydrogens (tertiary/aromatic N) is 1. The molecule has 1 aliphatic rings. The van der Waals surface area contributed by atoms with Crippen molar-refractivity contribution in [3.63, 3.8) is 0 Å². The van der Waals surface area contributed by atoms with Crippen LogP contribution in [0.2, 0.25) is 0 Å². The number of rotatable bonds is 8. The third kappa shape index (κ3) is 6.54. The van der Waals surface area contributed by atoms with E-state index >= 15 is 4.39 Å². The van der Waals surface area contributed by atoms with E-state index in [-0.39, 0.29) is 35.7 Å². The van der Waals surface area contributed by atoms with Gasteiger partial charge in [0.1, 0.15) is 11.6 Å². The number of primary amides is 1. The zero-order valence-corrected chi connectivity index (χ0v) is 23.1. The number of nitrogens with two attached hydrogens (primary N) is 1. The Morgan fingerprint density at radius 3 is 2.55 bits per heavy atom. The fraction of sp³-hybridized carbons (Fsp3) is 0.273. The molecule has 1 atom stereocenters. The number of likely N-dealkylation sites (tertiary alicyclic amines) is 1. The molecular weight excluding hydrogens is 508 g/mol. The highest BCUT2D eigenvalue weighted by molar-refractivity contribution is 6.00. The van der Waals surface area contributed by atoms with E-state index in [1.165, 1.54) is 6.07 Å². The van der Waals surface area contributed by atoms with E-state index in [9.17, 15) is 14.0 Å². The molecule has 4 rings (SSSR count). The van der Waals surface area contributed by atoms with Gasteiger partial charge in [-0.25, -0.2) is 8.78 Å². The molecule has 5 nitrogen and oxygen atoms in total. The van der Waals surface area contributed by atoms with Crippen LogP contribution in [-0.2, 0) is 17.9 Å². The van der Waals surface area contributed by atoms with Crippen LogP contribution in [0.1, 0.15) is 53.7 Å². The Kier molecular flexibility index (Phi) is 9.27. The summed E-state index contributed by atoms with van der Waals surface area (Å²) in [6.07, 6.45) is 5.39. The molecule has 0 spiro atoms. The van der Waals surface area contributed by atoms with Gasteiger partial charge < -0.3 is 11.1 Å². The Bertz CT molecular complexity index is 1480. The zero-order chi connectivity index (χ0) is 28.8. The molecule has 0 aromatic heterocycles. The Balaban J connectivity index is 1.49.